The minimum Gasteiger partial charge on any atom is -0.481 e. The molecular formula is C12H24N2O4. The van der Waals surface area contributed by atoms with Crippen LogP contribution in [-0.4, -0.2) is 53.8 Å². The van der Waals surface area contributed by atoms with Gasteiger partial charge in [0.05, 0.1) is 19.1 Å². The van der Waals surface area contributed by atoms with E-state index in [0.29, 0.717) is 13.2 Å². The van der Waals surface area contributed by atoms with Crippen molar-refractivity contribution in [2.75, 3.05) is 20.3 Å². The third-order valence-corrected chi connectivity index (χ3v) is 2.58. The molecule has 2 N–H and O–H groups in total. The highest BCUT2D eigenvalue weighted by Gasteiger charge is 2.27. The van der Waals surface area contributed by atoms with Crippen LogP contribution in [0.3, 0.4) is 0 Å². The lowest BCUT2D eigenvalue weighted by Crippen LogP contribution is -2.53. The Balaban J connectivity index is 4.56. The van der Waals surface area contributed by atoms with Gasteiger partial charge in [-0.3, -0.25) is 4.79 Å². The zero-order chi connectivity index (χ0) is 14.3. The van der Waals surface area contributed by atoms with E-state index >= 15 is 0 Å². The summed E-state index contributed by atoms with van der Waals surface area (Å²) in [4.78, 5) is 24.4. The number of rotatable bonds is 7. The largest absolute Gasteiger partial charge is 0.481 e. The van der Waals surface area contributed by atoms with Crippen LogP contribution >= 0.6 is 0 Å². The van der Waals surface area contributed by atoms with Crippen LogP contribution in [0, 0.1) is 0 Å². The van der Waals surface area contributed by atoms with Gasteiger partial charge >= 0.3 is 12.0 Å². The molecule has 0 spiro atoms. The van der Waals surface area contributed by atoms with Crippen molar-refractivity contribution in [3.63, 3.8) is 0 Å². The van der Waals surface area contributed by atoms with Crippen LogP contribution in [0.2, 0.25) is 0 Å². The van der Waals surface area contributed by atoms with E-state index in [0.717, 1.165) is 0 Å². The van der Waals surface area contributed by atoms with Gasteiger partial charge in [0.1, 0.15) is 0 Å². The Bertz CT molecular complexity index is 292. The van der Waals surface area contributed by atoms with Crippen LogP contribution in [0.5, 0.6) is 0 Å². The van der Waals surface area contributed by atoms with Crippen molar-refractivity contribution >= 4 is 12.0 Å². The van der Waals surface area contributed by atoms with E-state index in [-0.39, 0.29) is 18.5 Å². The second kappa shape index (κ2) is 7.20. The summed E-state index contributed by atoms with van der Waals surface area (Å²) in [6.07, 6.45) is -0.116. The number of urea groups is 1. The number of amides is 2. The van der Waals surface area contributed by atoms with Crippen molar-refractivity contribution in [1.82, 2.24) is 10.2 Å². The Labute approximate surface area is 108 Å². The van der Waals surface area contributed by atoms with Gasteiger partial charge < -0.3 is 20.1 Å². The molecule has 0 saturated carbocycles. The van der Waals surface area contributed by atoms with Gasteiger partial charge in [-0.05, 0) is 27.7 Å². The minimum atomic E-state index is -0.937. The molecule has 0 rings (SSSR count). The number of aliphatic carboxylic acids is 1. The predicted octanol–water partition coefficient (Wildman–Crippen LogP) is 1.31. The van der Waals surface area contributed by atoms with Crippen LogP contribution in [0.4, 0.5) is 4.79 Å². The second-order valence-corrected chi connectivity index (χ2v) is 4.97. The number of carboxylic acid groups (broad SMARTS) is 1. The van der Waals surface area contributed by atoms with Crippen molar-refractivity contribution in [2.24, 2.45) is 0 Å². The van der Waals surface area contributed by atoms with E-state index in [1.807, 2.05) is 13.8 Å². The number of carbonyl (C=O) groups excluding carboxylic acids is 1. The molecule has 0 bridgehead atoms. The molecule has 6 heteroatoms. The number of carboxylic acids is 1. The Morgan fingerprint density at radius 1 is 1.44 bits per heavy atom. The van der Waals surface area contributed by atoms with Gasteiger partial charge in [0.25, 0.3) is 0 Å². The maximum Gasteiger partial charge on any atom is 0.318 e. The molecule has 0 aromatic rings. The number of nitrogens with one attached hydrogen (secondary N) is 1. The SMILES string of the molecule is CCN(C(=O)NC(C)(C)CC(=O)O)C(C)COC. The lowest BCUT2D eigenvalue weighted by Gasteiger charge is -2.32. The molecule has 18 heavy (non-hydrogen) atoms. The number of hydrogen-bond donors (Lipinski definition) is 2. The van der Waals surface area contributed by atoms with Crippen molar-refractivity contribution in [2.45, 2.75) is 45.7 Å². The van der Waals surface area contributed by atoms with Gasteiger partial charge in [0.2, 0.25) is 0 Å². The van der Waals surface area contributed by atoms with E-state index in [9.17, 15) is 9.59 Å². The van der Waals surface area contributed by atoms with Gasteiger partial charge in [0, 0.05) is 19.2 Å². The third kappa shape index (κ3) is 5.86. The first kappa shape index (κ1) is 16.7. The lowest BCUT2D eigenvalue weighted by atomic mass is 10.0. The summed E-state index contributed by atoms with van der Waals surface area (Å²) in [6, 6.07) is -0.325. The van der Waals surface area contributed by atoms with Gasteiger partial charge in [-0.15, -0.1) is 0 Å². The molecule has 106 valence electrons. The van der Waals surface area contributed by atoms with Gasteiger partial charge in [-0.25, -0.2) is 4.79 Å². The maximum atomic E-state index is 12.1. The first-order valence-electron chi connectivity index (χ1n) is 6.03. The predicted molar refractivity (Wildman–Crippen MR) is 68.6 cm³/mol. The van der Waals surface area contributed by atoms with Crippen molar-refractivity contribution < 1.29 is 19.4 Å². The van der Waals surface area contributed by atoms with E-state index < -0.39 is 11.5 Å². The second-order valence-electron chi connectivity index (χ2n) is 4.97. The third-order valence-electron chi connectivity index (χ3n) is 2.58. The standard InChI is InChI=1S/C12H24N2O4/c1-6-14(9(2)8-18-5)11(17)13-12(3,4)7-10(15)16/h9H,6-8H2,1-5H3,(H,13,17)(H,15,16). The normalized spacial score (nSPS) is 12.9. The monoisotopic (exact) mass is 260 g/mol. The minimum absolute atomic E-state index is 0.0550. The summed E-state index contributed by atoms with van der Waals surface area (Å²) < 4.78 is 5.02. The Morgan fingerprint density at radius 2 is 2.00 bits per heavy atom. The summed E-state index contributed by atoms with van der Waals surface area (Å²) >= 11 is 0. The van der Waals surface area contributed by atoms with Crippen molar-refractivity contribution in [3.05, 3.63) is 0 Å². The Morgan fingerprint density at radius 3 is 2.39 bits per heavy atom. The van der Waals surface area contributed by atoms with Gasteiger partial charge in [-0.2, -0.15) is 0 Å². The van der Waals surface area contributed by atoms with E-state index in [4.69, 9.17) is 9.84 Å². The fourth-order valence-corrected chi connectivity index (χ4v) is 1.77. The van der Waals surface area contributed by atoms with E-state index in [1.165, 1.54) is 0 Å². The highest BCUT2D eigenvalue weighted by molar-refractivity contribution is 5.77. The smallest absolute Gasteiger partial charge is 0.318 e. The van der Waals surface area contributed by atoms with Gasteiger partial charge in [0.15, 0.2) is 0 Å². The molecule has 6 nitrogen and oxygen atoms in total. The molecule has 0 heterocycles. The summed E-state index contributed by atoms with van der Waals surface area (Å²) in [5, 5.41) is 11.5. The molecule has 1 atom stereocenters. The summed E-state index contributed by atoms with van der Waals surface area (Å²) in [5.74, 6) is -0.937. The van der Waals surface area contributed by atoms with Crippen LogP contribution in [0.1, 0.15) is 34.1 Å². The highest BCUT2D eigenvalue weighted by atomic mass is 16.5. The lowest BCUT2D eigenvalue weighted by molar-refractivity contribution is -0.138. The number of ether oxygens (including phenoxy) is 1. The van der Waals surface area contributed by atoms with Crippen LogP contribution < -0.4 is 5.32 Å². The van der Waals surface area contributed by atoms with E-state index in [1.54, 1.807) is 25.9 Å². The van der Waals surface area contributed by atoms with Crippen molar-refractivity contribution in [3.8, 4) is 0 Å². The topological polar surface area (TPSA) is 78.9 Å². The fourth-order valence-electron chi connectivity index (χ4n) is 1.77. The molecule has 0 aliphatic rings. The maximum absolute atomic E-state index is 12.1. The van der Waals surface area contributed by atoms with Crippen LogP contribution in [0.25, 0.3) is 0 Å². The van der Waals surface area contributed by atoms with Crippen molar-refractivity contribution in [1.29, 1.82) is 0 Å². The zero-order valence-corrected chi connectivity index (χ0v) is 11.8. The summed E-state index contributed by atoms with van der Waals surface area (Å²) in [6.45, 7) is 8.12. The molecule has 0 aromatic carbocycles. The zero-order valence-electron chi connectivity index (χ0n) is 11.8. The number of likely N-dealkylation sites (N-methyl/N-ethyl adjacent to an activating group) is 1. The first-order chi connectivity index (χ1) is 8.23. The molecule has 2 amide bonds. The number of nitrogens with zero attached hydrogens (tertiary/aromatic N) is 1. The fraction of sp³-hybridized carbons (Fsp3) is 0.833. The average molecular weight is 260 g/mol. The molecule has 0 aromatic heterocycles. The Hall–Kier alpha value is -1.30. The Kier molecular flexibility index (Phi) is 6.68. The summed E-state index contributed by atoms with van der Waals surface area (Å²) in [5.41, 5.74) is -0.775. The average Bonchev–Trinajstić information content (AvgIpc) is 2.15. The number of methoxy groups -OCH3 is 1. The molecule has 1 unspecified atom stereocenters. The molecule has 0 saturated heterocycles. The molecule has 0 aliphatic heterocycles. The van der Waals surface area contributed by atoms with E-state index in [2.05, 4.69) is 5.32 Å². The molecule has 0 aliphatic carbocycles. The van der Waals surface area contributed by atoms with Gasteiger partial charge in [-0.1, -0.05) is 0 Å². The molecule has 0 radical (unpaired) electrons. The number of carbonyl (C=O) groups is 2. The number of hydrogen-bond acceptors (Lipinski definition) is 3. The first-order valence-corrected chi connectivity index (χ1v) is 6.03. The highest BCUT2D eigenvalue weighted by Crippen LogP contribution is 2.10. The molecular weight excluding hydrogens is 236 g/mol. The van der Waals surface area contributed by atoms with Crippen LogP contribution in [-0.2, 0) is 9.53 Å². The molecule has 0 fully saturated rings. The van der Waals surface area contributed by atoms with Crippen LogP contribution in [0.15, 0.2) is 0 Å². The summed E-state index contributed by atoms with van der Waals surface area (Å²) in [7, 11) is 1.58. The quantitative estimate of drug-likeness (QED) is 0.723.